The van der Waals surface area contributed by atoms with Crippen LogP contribution in [0.15, 0.2) is 41.3 Å². The Morgan fingerprint density at radius 1 is 1.19 bits per heavy atom. The van der Waals surface area contributed by atoms with Crippen molar-refractivity contribution >= 4 is 38.5 Å². The van der Waals surface area contributed by atoms with Gasteiger partial charge < -0.3 is 5.32 Å². The zero-order valence-corrected chi connectivity index (χ0v) is 14.2. The monoisotopic (exact) mass is 343 g/mol. The van der Waals surface area contributed by atoms with Crippen molar-refractivity contribution in [3.63, 3.8) is 0 Å². The summed E-state index contributed by atoms with van der Waals surface area (Å²) in [5.41, 5.74) is 0.675. The van der Waals surface area contributed by atoms with Crippen LogP contribution in [0, 0.1) is 0 Å². The summed E-state index contributed by atoms with van der Waals surface area (Å²) in [6, 6.07) is 10.9. The summed E-state index contributed by atoms with van der Waals surface area (Å²) < 4.78 is 25.2. The molecule has 2 rings (SSSR count). The first-order chi connectivity index (χ1) is 10.0. The maximum atomic E-state index is 12.2. The molecule has 1 N–H and O–H groups in total. The number of hydrogen-bond acceptors (Lipinski definition) is 4. The third kappa shape index (κ3) is 4.46. The second kappa shape index (κ2) is 7.29. The highest BCUT2D eigenvalue weighted by atomic mass is 35.5. The van der Waals surface area contributed by atoms with Crippen molar-refractivity contribution in [3.05, 3.63) is 45.6 Å². The fourth-order valence-corrected chi connectivity index (χ4v) is 4.67. The summed E-state index contributed by atoms with van der Waals surface area (Å²) in [7, 11) is -3.21. The third-order valence-corrected chi connectivity index (χ3v) is 6.27. The number of sulfone groups is 1. The summed E-state index contributed by atoms with van der Waals surface area (Å²) >= 11 is 7.44. The van der Waals surface area contributed by atoms with Crippen LogP contribution in [0.4, 0.5) is 5.69 Å². The minimum absolute atomic E-state index is 0.173. The molecule has 6 heteroatoms. The molecule has 0 radical (unpaired) electrons. The van der Waals surface area contributed by atoms with Gasteiger partial charge in [-0.15, -0.1) is 11.3 Å². The van der Waals surface area contributed by atoms with Gasteiger partial charge in [-0.05, 0) is 37.1 Å². The largest absolute Gasteiger partial charge is 0.384 e. The van der Waals surface area contributed by atoms with E-state index in [0.717, 1.165) is 10.8 Å². The van der Waals surface area contributed by atoms with Crippen LogP contribution in [-0.2, 0) is 16.3 Å². The summed E-state index contributed by atoms with van der Waals surface area (Å²) in [6.07, 6.45) is 1.43. The summed E-state index contributed by atoms with van der Waals surface area (Å²) in [5.74, 6) is 0.173. The summed E-state index contributed by atoms with van der Waals surface area (Å²) in [6.45, 7) is 2.55. The van der Waals surface area contributed by atoms with Gasteiger partial charge in [-0.3, -0.25) is 0 Å². The molecule has 1 aromatic carbocycles. The number of thiophene rings is 1. The topological polar surface area (TPSA) is 46.2 Å². The first-order valence-electron chi connectivity index (χ1n) is 6.83. The minimum Gasteiger partial charge on any atom is -0.384 e. The molecule has 0 fully saturated rings. The van der Waals surface area contributed by atoms with Crippen molar-refractivity contribution in [2.75, 3.05) is 17.6 Å². The van der Waals surface area contributed by atoms with E-state index < -0.39 is 9.84 Å². The van der Waals surface area contributed by atoms with Gasteiger partial charge in [-0.1, -0.05) is 30.7 Å². The fraction of sp³-hybridized carbons (Fsp3) is 0.333. The van der Waals surface area contributed by atoms with Crippen molar-refractivity contribution in [2.24, 2.45) is 0 Å². The minimum atomic E-state index is -3.21. The maximum absolute atomic E-state index is 12.2. The van der Waals surface area contributed by atoms with E-state index in [1.165, 1.54) is 4.88 Å². The van der Waals surface area contributed by atoms with Gasteiger partial charge >= 0.3 is 0 Å². The predicted octanol–water partition coefficient (Wildman–Crippen LogP) is 4.24. The molecule has 0 bridgehead atoms. The van der Waals surface area contributed by atoms with Crippen LogP contribution >= 0.6 is 22.9 Å². The highest BCUT2D eigenvalue weighted by molar-refractivity contribution is 7.91. The molecule has 0 aliphatic carbocycles. The van der Waals surface area contributed by atoms with Crippen molar-refractivity contribution in [1.29, 1.82) is 0 Å². The lowest BCUT2D eigenvalue weighted by Gasteiger charge is -2.11. The normalized spacial score (nSPS) is 11.5. The summed E-state index contributed by atoms with van der Waals surface area (Å²) in [5, 5.41) is 3.22. The second-order valence-corrected chi connectivity index (χ2v) is 8.57. The van der Waals surface area contributed by atoms with E-state index in [-0.39, 0.29) is 5.75 Å². The number of hydrogen-bond donors (Lipinski definition) is 1. The van der Waals surface area contributed by atoms with Crippen molar-refractivity contribution in [1.82, 2.24) is 0 Å². The Hall–Kier alpha value is -1.04. The highest BCUT2D eigenvalue weighted by Gasteiger charge is 2.16. The molecular weight excluding hydrogens is 326 g/mol. The molecule has 114 valence electrons. The quantitative estimate of drug-likeness (QED) is 0.817. The number of halogens is 1. The standard InChI is InChI=1S/C15H18ClNO2S2/c1-2-11-21(18,19)14-6-4-3-5-13(14)17-10-9-12-7-8-15(16)20-12/h3-8,17H,2,9-11H2,1H3. The van der Waals surface area contributed by atoms with Gasteiger partial charge in [0.25, 0.3) is 0 Å². The van der Waals surface area contributed by atoms with Gasteiger partial charge in [-0.25, -0.2) is 8.42 Å². The molecule has 1 aromatic heterocycles. The van der Waals surface area contributed by atoms with Crippen LogP contribution in [0.25, 0.3) is 0 Å². The predicted molar refractivity (Wildman–Crippen MR) is 90.3 cm³/mol. The molecule has 0 aliphatic heterocycles. The lowest BCUT2D eigenvalue weighted by molar-refractivity contribution is 0.595. The molecule has 21 heavy (non-hydrogen) atoms. The number of benzene rings is 1. The van der Waals surface area contributed by atoms with Gasteiger partial charge in [0.05, 0.1) is 20.7 Å². The van der Waals surface area contributed by atoms with Gasteiger partial charge in [0, 0.05) is 11.4 Å². The summed E-state index contributed by atoms with van der Waals surface area (Å²) in [4.78, 5) is 1.57. The van der Waals surface area contributed by atoms with E-state index in [2.05, 4.69) is 5.32 Å². The molecule has 0 unspecified atom stereocenters. The third-order valence-electron chi connectivity index (χ3n) is 3.01. The first-order valence-corrected chi connectivity index (χ1v) is 9.67. The SMILES string of the molecule is CCCS(=O)(=O)c1ccccc1NCCc1ccc(Cl)s1. The lowest BCUT2D eigenvalue weighted by atomic mass is 10.3. The molecular formula is C15H18ClNO2S2. The smallest absolute Gasteiger partial charge is 0.180 e. The van der Waals surface area contributed by atoms with E-state index in [9.17, 15) is 8.42 Å². The first kappa shape index (κ1) is 16.3. The van der Waals surface area contributed by atoms with Gasteiger partial charge in [-0.2, -0.15) is 0 Å². The van der Waals surface area contributed by atoms with E-state index in [1.54, 1.807) is 23.5 Å². The molecule has 0 aliphatic rings. The maximum Gasteiger partial charge on any atom is 0.180 e. The van der Waals surface area contributed by atoms with E-state index in [1.807, 2.05) is 31.2 Å². The van der Waals surface area contributed by atoms with Crippen LogP contribution in [0.5, 0.6) is 0 Å². The molecule has 0 saturated carbocycles. The lowest BCUT2D eigenvalue weighted by Crippen LogP contribution is -2.11. The van der Waals surface area contributed by atoms with Crippen LogP contribution in [0.2, 0.25) is 4.34 Å². The Morgan fingerprint density at radius 3 is 2.62 bits per heavy atom. The zero-order valence-electron chi connectivity index (χ0n) is 11.8. The van der Waals surface area contributed by atoms with Crippen LogP contribution in [0.3, 0.4) is 0 Å². The van der Waals surface area contributed by atoms with Crippen molar-refractivity contribution in [3.8, 4) is 0 Å². The number of nitrogens with one attached hydrogen (secondary N) is 1. The van der Waals surface area contributed by atoms with Gasteiger partial charge in [0.1, 0.15) is 0 Å². The molecule has 0 spiro atoms. The number of anilines is 1. The molecule has 3 nitrogen and oxygen atoms in total. The van der Waals surface area contributed by atoms with E-state index >= 15 is 0 Å². The van der Waals surface area contributed by atoms with Crippen LogP contribution < -0.4 is 5.32 Å². The Bertz CT molecular complexity index is 695. The van der Waals surface area contributed by atoms with Crippen molar-refractivity contribution < 1.29 is 8.42 Å². The van der Waals surface area contributed by atoms with Crippen LogP contribution in [0.1, 0.15) is 18.2 Å². The van der Waals surface area contributed by atoms with E-state index in [4.69, 9.17) is 11.6 Å². The van der Waals surface area contributed by atoms with Crippen LogP contribution in [-0.4, -0.2) is 20.7 Å². The fourth-order valence-electron chi connectivity index (χ4n) is 2.07. The molecule has 0 atom stereocenters. The Kier molecular flexibility index (Phi) is 5.67. The molecule has 1 heterocycles. The van der Waals surface area contributed by atoms with Crippen molar-refractivity contribution in [2.45, 2.75) is 24.7 Å². The van der Waals surface area contributed by atoms with Gasteiger partial charge in [0.2, 0.25) is 0 Å². The molecule has 0 amide bonds. The second-order valence-electron chi connectivity index (χ2n) is 4.70. The number of rotatable bonds is 7. The zero-order chi connectivity index (χ0) is 15.3. The van der Waals surface area contributed by atoms with Gasteiger partial charge in [0.15, 0.2) is 9.84 Å². The average Bonchev–Trinajstić information content (AvgIpc) is 2.85. The van der Waals surface area contributed by atoms with E-state index in [0.29, 0.717) is 23.5 Å². The Labute approximate surface area is 134 Å². The highest BCUT2D eigenvalue weighted by Crippen LogP contribution is 2.24. The average molecular weight is 344 g/mol. The molecule has 2 aromatic rings. The Morgan fingerprint density at radius 2 is 1.95 bits per heavy atom. The molecule has 0 saturated heterocycles. The Balaban J connectivity index is 2.06. The number of para-hydroxylation sites is 1.